The molecule has 1 rings (SSSR count). The molecule has 0 atom stereocenters. The average Bonchev–Trinajstić information content (AvgIpc) is 2.87. The second-order valence-electron chi connectivity index (χ2n) is 5.41. The molecule has 0 unspecified atom stereocenters. The zero-order valence-corrected chi connectivity index (χ0v) is 14.9. The second-order valence-corrected chi connectivity index (χ2v) is 8.58. The highest BCUT2D eigenvalue weighted by Crippen LogP contribution is 2.22. The largest absolute Gasteiger partial charge is 0.375 e. The molecule has 1 heterocycles. The molecule has 1 aromatic rings. The first-order chi connectivity index (χ1) is 9.80. The van der Waals surface area contributed by atoms with Crippen molar-refractivity contribution >= 4 is 21.4 Å². The monoisotopic (exact) mass is 334 g/mol. The first-order valence-electron chi connectivity index (χ1n) is 7.24. The summed E-state index contributed by atoms with van der Waals surface area (Å²) in [5.74, 6) is 0. The fourth-order valence-electron chi connectivity index (χ4n) is 1.77. The van der Waals surface area contributed by atoms with Crippen LogP contribution < -0.4 is 10.0 Å². The van der Waals surface area contributed by atoms with Gasteiger partial charge in [-0.05, 0) is 45.9 Å². The number of ether oxygens (including phenoxy) is 1. The number of sulfonamides is 1. The van der Waals surface area contributed by atoms with Gasteiger partial charge in [0, 0.05) is 24.6 Å². The van der Waals surface area contributed by atoms with Crippen LogP contribution in [0, 0.1) is 0 Å². The van der Waals surface area contributed by atoms with E-state index in [0.29, 0.717) is 17.4 Å². The first-order valence-corrected chi connectivity index (χ1v) is 9.53. The van der Waals surface area contributed by atoms with Gasteiger partial charge in [-0.25, -0.2) is 13.1 Å². The lowest BCUT2D eigenvalue weighted by Gasteiger charge is -2.24. The summed E-state index contributed by atoms with van der Waals surface area (Å²) in [5.41, 5.74) is -0.509. The number of hydrogen-bond acceptors (Lipinski definition) is 5. The number of hydrogen-bond donors (Lipinski definition) is 2. The van der Waals surface area contributed by atoms with Gasteiger partial charge in [0.25, 0.3) is 0 Å². The molecule has 0 aromatic carbocycles. The van der Waals surface area contributed by atoms with E-state index in [-0.39, 0.29) is 6.54 Å². The standard InChI is InChI=1S/C14H26N2O3S2/c1-5-9-15-10-12-7-8-13(20-12)21(17,18)16-11-14(3,4)19-6-2/h7-8,15-16H,5-6,9-11H2,1-4H3. The van der Waals surface area contributed by atoms with Crippen LogP contribution in [0.3, 0.4) is 0 Å². The van der Waals surface area contributed by atoms with Crippen molar-refractivity contribution in [2.24, 2.45) is 0 Å². The zero-order chi connectivity index (χ0) is 15.9. The molecule has 122 valence electrons. The molecule has 1 aromatic heterocycles. The SMILES string of the molecule is CCCNCc1ccc(S(=O)(=O)NCC(C)(C)OCC)s1. The summed E-state index contributed by atoms with van der Waals surface area (Å²) in [6.07, 6.45) is 1.06. The van der Waals surface area contributed by atoms with E-state index in [1.54, 1.807) is 6.07 Å². The van der Waals surface area contributed by atoms with Gasteiger partial charge in [-0.15, -0.1) is 11.3 Å². The Balaban J connectivity index is 2.62. The Hall–Kier alpha value is -0.470. The Morgan fingerprint density at radius 1 is 1.29 bits per heavy atom. The molecular formula is C14H26N2O3S2. The van der Waals surface area contributed by atoms with E-state index in [0.717, 1.165) is 17.8 Å². The van der Waals surface area contributed by atoms with Gasteiger partial charge in [0.1, 0.15) is 4.21 Å². The molecule has 7 heteroatoms. The molecule has 0 saturated carbocycles. The van der Waals surface area contributed by atoms with E-state index in [1.807, 2.05) is 26.8 Å². The predicted octanol–water partition coefficient (Wildman–Crippen LogP) is 2.34. The summed E-state index contributed by atoms with van der Waals surface area (Å²) in [4.78, 5) is 1.02. The normalized spacial score (nSPS) is 12.8. The van der Waals surface area contributed by atoms with Gasteiger partial charge in [-0.3, -0.25) is 0 Å². The maximum atomic E-state index is 12.2. The van der Waals surface area contributed by atoms with Crippen molar-refractivity contribution in [1.29, 1.82) is 0 Å². The summed E-state index contributed by atoms with van der Waals surface area (Å²) in [6.45, 7) is 10.2. The highest BCUT2D eigenvalue weighted by molar-refractivity contribution is 7.91. The molecule has 21 heavy (non-hydrogen) atoms. The maximum Gasteiger partial charge on any atom is 0.250 e. The smallest absolute Gasteiger partial charge is 0.250 e. The summed E-state index contributed by atoms with van der Waals surface area (Å²) >= 11 is 1.30. The van der Waals surface area contributed by atoms with Gasteiger partial charge in [0.05, 0.1) is 5.60 Å². The molecule has 0 aliphatic rings. The Morgan fingerprint density at radius 3 is 2.62 bits per heavy atom. The van der Waals surface area contributed by atoms with Crippen molar-refractivity contribution in [2.75, 3.05) is 19.7 Å². The van der Waals surface area contributed by atoms with Crippen LogP contribution in [-0.4, -0.2) is 33.7 Å². The van der Waals surface area contributed by atoms with Gasteiger partial charge in [-0.1, -0.05) is 6.92 Å². The fourth-order valence-corrected chi connectivity index (χ4v) is 4.34. The molecule has 0 spiro atoms. The highest BCUT2D eigenvalue weighted by Gasteiger charge is 2.23. The van der Waals surface area contributed by atoms with Crippen molar-refractivity contribution in [2.45, 2.75) is 50.5 Å². The van der Waals surface area contributed by atoms with Gasteiger partial charge in [0.2, 0.25) is 10.0 Å². The van der Waals surface area contributed by atoms with Crippen LogP contribution in [0.4, 0.5) is 0 Å². The Labute approximate surface area is 132 Å². The molecule has 2 N–H and O–H groups in total. The van der Waals surface area contributed by atoms with E-state index < -0.39 is 15.6 Å². The summed E-state index contributed by atoms with van der Waals surface area (Å²) in [5, 5.41) is 3.26. The lowest BCUT2D eigenvalue weighted by molar-refractivity contribution is -0.00514. The highest BCUT2D eigenvalue weighted by atomic mass is 32.2. The molecule has 5 nitrogen and oxygen atoms in total. The van der Waals surface area contributed by atoms with E-state index in [1.165, 1.54) is 11.3 Å². The van der Waals surface area contributed by atoms with Crippen molar-refractivity contribution in [3.8, 4) is 0 Å². The Morgan fingerprint density at radius 2 is 2.00 bits per heavy atom. The van der Waals surface area contributed by atoms with E-state index >= 15 is 0 Å². The summed E-state index contributed by atoms with van der Waals surface area (Å²) in [6, 6.07) is 3.51. The fraction of sp³-hybridized carbons (Fsp3) is 0.714. The molecule has 0 aliphatic carbocycles. The molecule has 0 radical (unpaired) electrons. The third-order valence-corrected chi connectivity index (χ3v) is 5.83. The van der Waals surface area contributed by atoms with Gasteiger partial charge in [0.15, 0.2) is 0 Å². The van der Waals surface area contributed by atoms with Gasteiger partial charge >= 0.3 is 0 Å². The third-order valence-electron chi connectivity index (χ3n) is 2.85. The molecular weight excluding hydrogens is 308 g/mol. The lowest BCUT2D eigenvalue weighted by Crippen LogP contribution is -2.40. The minimum Gasteiger partial charge on any atom is -0.375 e. The first kappa shape index (κ1) is 18.6. The van der Waals surface area contributed by atoms with E-state index in [4.69, 9.17) is 4.74 Å². The Kier molecular flexibility index (Phi) is 7.29. The number of rotatable bonds is 10. The quantitative estimate of drug-likeness (QED) is 0.645. The second kappa shape index (κ2) is 8.24. The van der Waals surface area contributed by atoms with Crippen LogP contribution in [0.2, 0.25) is 0 Å². The molecule has 0 saturated heterocycles. The van der Waals surface area contributed by atoms with E-state index in [2.05, 4.69) is 17.0 Å². The lowest BCUT2D eigenvalue weighted by atomic mass is 10.1. The minimum atomic E-state index is -3.46. The van der Waals surface area contributed by atoms with Crippen molar-refractivity contribution < 1.29 is 13.2 Å². The van der Waals surface area contributed by atoms with Crippen LogP contribution >= 0.6 is 11.3 Å². The maximum absolute atomic E-state index is 12.2. The third kappa shape index (κ3) is 6.44. The van der Waals surface area contributed by atoms with Crippen LogP contribution in [0.25, 0.3) is 0 Å². The van der Waals surface area contributed by atoms with Crippen molar-refractivity contribution in [1.82, 2.24) is 10.0 Å². The van der Waals surface area contributed by atoms with Crippen LogP contribution in [-0.2, 0) is 21.3 Å². The molecule has 0 bridgehead atoms. The van der Waals surface area contributed by atoms with Crippen LogP contribution in [0.15, 0.2) is 16.3 Å². The molecule has 0 fully saturated rings. The minimum absolute atomic E-state index is 0.254. The number of thiophene rings is 1. The van der Waals surface area contributed by atoms with Crippen LogP contribution in [0.1, 0.15) is 39.0 Å². The summed E-state index contributed by atoms with van der Waals surface area (Å²) < 4.78 is 33.0. The zero-order valence-electron chi connectivity index (χ0n) is 13.2. The molecule has 0 aliphatic heterocycles. The van der Waals surface area contributed by atoms with Crippen molar-refractivity contribution in [3.05, 3.63) is 17.0 Å². The number of nitrogens with one attached hydrogen (secondary N) is 2. The van der Waals surface area contributed by atoms with E-state index in [9.17, 15) is 8.42 Å². The topological polar surface area (TPSA) is 67.4 Å². The predicted molar refractivity (Wildman–Crippen MR) is 87.2 cm³/mol. The van der Waals surface area contributed by atoms with Gasteiger partial charge < -0.3 is 10.1 Å². The molecule has 0 amide bonds. The Bertz CT molecular complexity index is 524. The van der Waals surface area contributed by atoms with Crippen LogP contribution in [0.5, 0.6) is 0 Å². The van der Waals surface area contributed by atoms with Gasteiger partial charge in [-0.2, -0.15) is 0 Å². The summed E-state index contributed by atoms with van der Waals surface area (Å²) in [7, 11) is -3.46. The van der Waals surface area contributed by atoms with Crippen molar-refractivity contribution in [3.63, 3.8) is 0 Å². The average molecular weight is 335 g/mol.